The summed E-state index contributed by atoms with van der Waals surface area (Å²) in [6, 6.07) is 143. The van der Waals surface area contributed by atoms with Crippen molar-refractivity contribution in [2.75, 3.05) is 0 Å². The Labute approximate surface area is 850 Å². The Kier molecular flexibility index (Phi) is 21.3. The van der Waals surface area contributed by atoms with Crippen LogP contribution in [0.4, 0.5) is 0 Å². The van der Waals surface area contributed by atoms with Crippen molar-refractivity contribution in [1.82, 2.24) is 73.5 Å². The maximum atomic E-state index is 6.26. The standard InChI is InChI=1S/C45H31N5OS.C43H27N5OS.C37H25N5OS/c1-45(2)35-25-23-31(26-36(35)50-40(29-16-8-4-9-17-29)39(46-44(50)52-45)28-14-6-3-7-15-28)42-47-41(30-18-10-5-11-19-30)48-43(49-42)32-22-24-34-33-20-12-13-21-37(33)51-38(34)27-32;1-4-12-27(13-5-1)38-39(28-14-6-2-7-15-28)48-35-24-30(20-21-32(35)26-50-43(48)44-38)41-45-40(29-16-8-3-9-17-29)46-42(47-41)31-22-23-34-33-18-10-11-19-36(33)49-37(34)25-31;1-37(2)27-19-17-23(20-30(27)42-29-14-8-7-13-28(29)38-36(42)44-37)34-39-33(22-10-4-3-5-11-22)40-35(41-34)24-16-18-26-25-12-6-9-15-31(25)43-32(26)21-24/h3-27H,1-2H3;1-25H,26H2;3-21H,1-2H3. The summed E-state index contributed by atoms with van der Waals surface area (Å²) in [4.78, 5) is 60.9. The average Bonchev–Trinajstić information content (AvgIpc) is 1.58. The number of para-hydroxylation sites is 5. The highest BCUT2D eigenvalue weighted by Gasteiger charge is 2.39. The van der Waals surface area contributed by atoms with Gasteiger partial charge in [0.15, 0.2) is 67.9 Å². The zero-order valence-corrected chi connectivity index (χ0v) is 81.7. The van der Waals surface area contributed by atoms with Gasteiger partial charge in [0.05, 0.1) is 50.9 Å². The first kappa shape index (κ1) is 87.2. The summed E-state index contributed by atoms with van der Waals surface area (Å²) >= 11 is 5.33. The summed E-state index contributed by atoms with van der Waals surface area (Å²) in [7, 11) is 0. The molecule has 29 rings (SSSR count). The van der Waals surface area contributed by atoms with Gasteiger partial charge in [-0.05, 0) is 129 Å². The smallest absolute Gasteiger partial charge is 0.174 e. The van der Waals surface area contributed by atoms with Gasteiger partial charge in [0.25, 0.3) is 0 Å². The zero-order valence-electron chi connectivity index (χ0n) is 79.2. The van der Waals surface area contributed by atoms with Crippen LogP contribution in [0.3, 0.4) is 0 Å². The number of fused-ring (bicyclic) bond motifs is 20. The third-order valence-electron chi connectivity index (χ3n) is 27.3. The Morgan fingerprint density at radius 2 is 0.500 bits per heavy atom. The third kappa shape index (κ3) is 15.7. The molecule has 0 N–H and O–H groups in total. The van der Waals surface area contributed by atoms with E-state index in [1.165, 1.54) is 16.7 Å². The molecule has 0 fully saturated rings. The number of thioether (sulfide) groups is 3. The molecular weight excluding hydrogens is 1860 g/mol. The molecule has 3 aliphatic rings. The molecule has 0 bridgehead atoms. The number of nitrogens with zero attached hydrogens (tertiary/aromatic N) is 15. The molecule has 17 aromatic carbocycles. The first-order valence-corrected chi connectivity index (χ1v) is 51.0. The molecule has 0 radical (unpaired) electrons. The Hall–Kier alpha value is -17.9. The van der Waals surface area contributed by atoms with Gasteiger partial charge in [-0.15, -0.1) is 0 Å². The van der Waals surface area contributed by atoms with Gasteiger partial charge >= 0.3 is 0 Å². The van der Waals surface area contributed by atoms with Crippen molar-refractivity contribution < 1.29 is 13.3 Å². The number of aromatic nitrogens is 15. The fourth-order valence-corrected chi connectivity index (χ4v) is 23.5. The normalized spacial score (nSPS) is 13.1. The highest BCUT2D eigenvalue weighted by Crippen LogP contribution is 2.55. The number of furan rings is 3. The predicted octanol–water partition coefficient (Wildman–Crippen LogP) is 32.0. The molecule has 3 aliphatic heterocycles. The largest absolute Gasteiger partial charge is 0.456 e. The molecule has 0 saturated carbocycles. The Morgan fingerprint density at radius 1 is 0.219 bits per heavy atom. The molecule has 9 aromatic heterocycles. The Balaban J connectivity index is 0.000000109. The molecule has 146 heavy (non-hydrogen) atoms. The van der Waals surface area contributed by atoms with Gasteiger partial charge in [-0.2, -0.15) is 0 Å². The van der Waals surface area contributed by atoms with E-state index in [0.29, 0.717) is 52.4 Å². The number of benzene rings is 17. The topological polar surface area (TPSA) is 209 Å². The molecule has 0 aliphatic carbocycles. The Morgan fingerprint density at radius 3 is 0.890 bits per heavy atom. The van der Waals surface area contributed by atoms with E-state index in [9.17, 15) is 0 Å². The van der Waals surface area contributed by atoms with Gasteiger partial charge in [0, 0.05) is 120 Å². The predicted molar refractivity (Wildman–Crippen MR) is 588 cm³/mol. The van der Waals surface area contributed by atoms with Gasteiger partial charge in [-0.3, -0.25) is 13.7 Å². The summed E-state index contributed by atoms with van der Waals surface area (Å²) in [6.07, 6.45) is 0. The van der Waals surface area contributed by atoms with Crippen LogP contribution in [0.1, 0.15) is 44.4 Å². The molecule has 0 amide bonds. The quantitative estimate of drug-likeness (QED) is 0.105. The molecule has 694 valence electrons. The summed E-state index contributed by atoms with van der Waals surface area (Å²) in [6.45, 7) is 9.03. The van der Waals surface area contributed by atoms with Crippen molar-refractivity contribution in [1.29, 1.82) is 0 Å². The van der Waals surface area contributed by atoms with E-state index in [1.54, 1.807) is 35.3 Å². The highest BCUT2D eigenvalue weighted by atomic mass is 32.2. The number of rotatable bonds is 13. The van der Waals surface area contributed by atoms with Crippen molar-refractivity contribution >= 4 is 112 Å². The van der Waals surface area contributed by atoms with Gasteiger partial charge in [-0.1, -0.05) is 369 Å². The SMILES string of the molecule is CC1(C)Sc2nc(-c3ccccc3)c(-c3ccccc3)n2-c2cc(-c3nc(-c4ccccc4)nc(-c4ccc5c(c4)oc4ccccc45)n3)ccc21.CC1(C)Sc2nc3ccccc3n2-c2cc(-c3nc(-c4ccccc4)nc(-c4ccc5c(c4)oc4ccccc45)n3)ccc21.c1ccc(-c2nc(-c3ccc4c(c3)-n3c(nc(-c5ccccc5)c3-c3ccccc3)SC4)nc(-c3ccc4c(c3)oc3ccccc34)n2)cc1. The number of hydrogen-bond acceptors (Lipinski definition) is 18. The van der Waals surface area contributed by atoms with Gasteiger partial charge < -0.3 is 13.3 Å². The van der Waals surface area contributed by atoms with E-state index in [1.807, 2.05) is 182 Å². The van der Waals surface area contributed by atoms with Crippen molar-refractivity contribution in [2.45, 2.75) is 58.4 Å². The third-order valence-corrected chi connectivity index (χ3v) is 30.6. The number of hydrogen-bond donors (Lipinski definition) is 0. The zero-order chi connectivity index (χ0) is 97.2. The van der Waals surface area contributed by atoms with Crippen molar-refractivity contribution in [2.24, 2.45) is 0 Å². The lowest BCUT2D eigenvalue weighted by molar-refractivity contribution is 0.668. The van der Waals surface area contributed by atoms with E-state index in [2.05, 4.69) is 278 Å². The van der Waals surface area contributed by atoms with E-state index < -0.39 is 0 Å². The lowest BCUT2D eigenvalue weighted by Crippen LogP contribution is -2.22. The molecule has 0 spiro atoms. The first-order valence-electron chi connectivity index (χ1n) is 48.4. The van der Waals surface area contributed by atoms with Gasteiger partial charge in [-0.25, -0.2) is 59.8 Å². The van der Waals surface area contributed by atoms with Gasteiger partial charge in [0.1, 0.15) is 33.5 Å². The minimum atomic E-state index is -0.224. The molecule has 26 aromatic rings. The molecule has 0 saturated heterocycles. The monoisotopic (exact) mass is 1940 g/mol. The summed E-state index contributed by atoms with van der Waals surface area (Å²) in [5.74, 6) is 6.25. The second kappa shape index (κ2) is 35.7. The summed E-state index contributed by atoms with van der Waals surface area (Å²) in [5, 5.41) is 9.37. The van der Waals surface area contributed by atoms with Crippen LogP contribution in [-0.2, 0) is 15.2 Å². The second-order valence-electron chi connectivity index (χ2n) is 37.3. The second-order valence-corrected chi connectivity index (χ2v) is 41.4. The fraction of sp³-hybridized carbons (Fsp3) is 0.0560. The average molecular weight is 1940 g/mol. The first-order chi connectivity index (χ1) is 71.8. The molecule has 21 heteroatoms. The fourth-order valence-electron chi connectivity index (χ4n) is 20.2. The molecule has 0 unspecified atom stereocenters. The summed E-state index contributed by atoms with van der Waals surface area (Å²) < 4.78 is 25.2. The van der Waals surface area contributed by atoms with E-state index in [0.717, 1.165) is 210 Å². The van der Waals surface area contributed by atoms with Crippen LogP contribution in [0.5, 0.6) is 0 Å². The molecular formula is C125H83N15O3S3. The van der Waals surface area contributed by atoms with Crippen LogP contribution < -0.4 is 0 Å². The van der Waals surface area contributed by atoms with Gasteiger partial charge in [0.2, 0.25) is 0 Å². The number of imidazole rings is 3. The molecule has 0 atom stereocenters. The minimum absolute atomic E-state index is 0.146. The maximum absolute atomic E-state index is 6.26. The Bertz CT molecular complexity index is 9650. The lowest BCUT2D eigenvalue weighted by atomic mass is 9.96. The molecule has 12 heterocycles. The molecule has 18 nitrogen and oxygen atoms in total. The summed E-state index contributed by atoms with van der Waals surface area (Å²) in [5.41, 5.74) is 30.5. The highest BCUT2D eigenvalue weighted by molar-refractivity contribution is 8.00. The lowest BCUT2D eigenvalue weighted by Gasteiger charge is -2.33. The van der Waals surface area contributed by atoms with E-state index in [4.69, 9.17) is 73.1 Å². The van der Waals surface area contributed by atoms with Crippen LogP contribution >= 0.6 is 35.3 Å². The van der Waals surface area contributed by atoms with Crippen LogP contribution in [0.25, 0.3) is 241 Å². The van der Waals surface area contributed by atoms with E-state index >= 15 is 0 Å². The van der Waals surface area contributed by atoms with Crippen LogP contribution in [0, 0.1) is 0 Å². The maximum Gasteiger partial charge on any atom is 0.174 e. The van der Waals surface area contributed by atoms with Crippen molar-refractivity contribution in [3.05, 3.63) is 435 Å². The van der Waals surface area contributed by atoms with E-state index in [-0.39, 0.29) is 9.49 Å². The minimum Gasteiger partial charge on any atom is -0.456 e. The van der Waals surface area contributed by atoms with Crippen LogP contribution in [0.15, 0.2) is 447 Å². The van der Waals surface area contributed by atoms with Crippen LogP contribution in [-0.4, -0.2) is 73.5 Å². The van der Waals surface area contributed by atoms with Crippen molar-refractivity contribution in [3.63, 3.8) is 0 Å². The van der Waals surface area contributed by atoms with Crippen molar-refractivity contribution in [3.8, 4) is 165 Å². The van der Waals surface area contributed by atoms with Crippen LogP contribution in [0.2, 0.25) is 0 Å².